The molecule has 0 spiro atoms. The number of Topliss-reactive ketones (excluding diaryl/α,β-unsaturated/α-hetero) is 2. The average molecular weight is 791 g/mol. The lowest BCUT2D eigenvalue weighted by atomic mass is 9.84. The van der Waals surface area contributed by atoms with Crippen molar-refractivity contribution < 1.29 is 58.5 Å². The zero-order valence-electron chi connectivity index (χ0n) is 28.4. The molecule has 3 saturated heterocycles. The molecule has 282 valence electrons. The fourth-order valence-electron chi connectivity index (χ4n) is 7.32. The number of benzene rings is 1. The molecule has 0 saturated carbocycles. The van der Waals surface area contributed by atoms with Crippen LogP contribution in [0.25, 0.3) is 0 Å². The van der Waals surface area contributed by atoms with Crippen molar-refractivity contribution in [2.75, 3.05) is 44.2 Å². The predicted molar refractivity (Wildman–Crippen MR) is 188 cm³/mol. The van der Waals surface area contributed by atoms with Crippen LogP contribution < -0.4 is 16.2 Å². The van der Waals surface area contributed by atoms with Crippen molar-refractivity contribution in [2.24, 2.45) is 16.5 Å². The van der Waals surface area contributed by atoms with E-state index in [0.29, 0.717) is 49.1 Å². The van der Waals surface area contributed by atoms with Crippen LogP contribution in [0.15, 0.2) is 33.9 Å². The number of nitrogen functional groups attached to an aromatic ring is 1. The van der Waals surface area contributed by atoms with Gasteiger partial charge in [-0.25, -0.2) is 9.78 Å². The lowest BCUT2D eigenvalue weighted by Crippen LogP contribution is -2.63. The number of β-lactam (4-membered cyclic amide) rings is 1. The molecule has 2 atom stereocenters. The highest BCUT2D eigenvalue weighted by atomic mass is 35.5. The second-order valence-electron chi connectivity index (χ2n) is 14.2. The van der Waals surface area contributed by atoms with Crippen LogP contribution in [0.4, 0.5) is 5.13 Å². The number of carboxylic acid groups (broad SMARTS) is 2. The Bertz CT molecular complexity index is 2010. The molecule has 4 aliphatic rings. The maximum Gasteiger partial charge on any atom is 0.350 e. The minimum Gasteiger partial charge on any atom is -0.543 e. The third-order valence-corrected chi connectivity index (χ3v) is 12.7. The number of thioether (sulfide) groups is 1. The van der Waals surface area contributed by atoms with Gasteiger partial charge in [0.05, 0.1) is 53.2 Å². The molecule has 6 N–H and O–H groups in total. The average Bonchev–Trinajstić information content (AvgIpc) is 3.81. The van der Waals surface area contributed by atoms with Gasteiger partial charge in [0, 0.05) is 47.9 Å². The molecule has 0 unspecified atom stereocenters. The fraction of sp³-hybridized carbons (Fsp3) is 0.455. The largest absolute Gasteiger partial charge is 0.543 e. The van der Waals surface area contributed by atoms with Crippen LogP contribution in [0.2, 0.25) is 5.02 Å². The molecule has 2 bridgehead atoms. The van der Waals surface area contributed by atoms with Gasteiger partial charge in [-0.3, -0.25) is 24.1 Å². The number of aromatic hydroxyl groups is 2. The van der Waals surface area contributed by atoms with Gasteiger partial charge in [-0.2, -0.15) is 0 Å². The fourth-order valence-corrected chi connectivity index (χ4v) is 9.52. The third kappa shape index (κ3) is 7.05. The number of hydrogen-bond donors (Lipinski definition) is 5. The molecular weight excluding hydrogens is 756 g/mol. The van der Waals surface area contributed by atoms with Gasteiger partial charge >= 0.3 is 5.97 Å². The first-order valence-electron chi connectivity index (χ1n) is 16.4. The summed E-state index contributed by atoms with van der Waals surface area (Å²) in [7, 11) is 0. The molecule has 2 aromatic rings. The molecule has 1 aromatic carbocycles. The number of hydrogen-bond acceptors (Lipinski definition) is 15. The number of fused-ring (bicyclic) bond motifs is 3. The molecule has 20 heteroatoms. The van der Waals surface area contributed by atoms with E-state index in [1.807, 2.05) is 0 Å². The number of phenols is 2. The first kappa shape index (κ1) is 38.0. The first-order valence-corrected chi connectivity index (χ1v) is 18.7. The van der Waals surface area contributed by atoms with Gasteiger partial charge in [0.1, 0.15) is 12.2 Å². The zero-order valence-corrected chi connectivity index (χ0v) is 30.8. The Labute approximate surface area is 315 Å². The van der Waals surface area contributed by atoms with E-state index in [9.17, 15) is 49.2 Å². The van der Waals surface area contributed by atoms with E-state index >= 15 is 0 Å². The van der Waals surface area contributed by atoms with Crippen molar-refractivity contribution in [3.05, 3.63) is 45.1 Å². The highest BCUT2D eigenvalue weighted by molar-refractivity contribution is 8.00. The van der Waals surface area contributed by atoms with E-state index in [1.54, 1.807) is 0 Å². The number of aliphatic carboxylic acids is 2. The van der Waals surface area contributed by atoms with Gasteiger partial charge in [-0.1, -0.05) is 16.8 Å². The van der Waals surface area contributed by atoms with Gasteiger partial charge in [0.15, 0.2) is 28.1 Å². The number of aromatic nitrogens is 1. The normalized spacial score (nSPS) is 25.2. The molecular formula is C33H35ClN6O11S2. The summed E-state index contributed by atoms with van der Waals surface area (Å²) in [5.41, 5.74) is 3.37. The van der Waals surface area contributed by atoms with Gasteiger partial charge < -0.3 is 45.6 Å². The number of ketones is 2. The van der Waals surface area contributed by atoms with E-state index in [2.05, 4.69) is 15.5 Å². The quantitative estimate of drug-likeness (QED) is 0.0332. The Hall–Kier alpha value is -4.72. The maximum absolute atomic E-state index is 13.5. The van der Waals surface area contributed by atoms with Crippen molar-refractivity contribution in [1.82, 2.24) is 15.2 Å². The third-order valence-electron chi connectivity index (χ3n) is 10.3. The number of amides is 2. The van der Waals surface area contributed by atoms with E-state index in [0.717, 1.165) is 28.4 Å². The van der Waals surface area contributed by atoms with Gasteiger partial charge in [0.25, 0.3) is 11.7 Å². The molecule has 53 heavy (non-hydrogen) atoms. The smallest absolute Gasteiger partial charge is 0.350 e. The molecule has 6 rings (SSSR count). The minimum atomic E-state index is -1.78. The predicted octanol–water partition coefficient (Wildman–Crippen LogP) is 0.478. The summed E-state index contributed by atoms with van der Waals surface area (Å²) in [6.07, 6.45) is 1.02. The number of anilines is 1. The number of nitrogens with two attached hydrogens (primary N) is 1. The highest BCUT2D eigenvalue weighted by Crippen LogP contribution is 2.49. The SMILES string of the molecule is CC(C)(O/N=C(\C(=O)C[C@@H]1C(=O)N2C(C(=O)[O-])=C(C[N+]34CCC(CNC(=O)C(=O)c5ccc(O)c(O)c5Cl)(CC3)C4)CS[C@H]12)c1csc(N)n1)C(=O)O. The number of nitrogens with one attached hydrogen (secondary N) is 1. The summed E-state index contributed by atoms with van der Waals surface area (Å²) >= 11 is 8.32. The molecule has 17 nitrogen and oxygen atoms in total. The Morgan fingerprint density at radius 3 is 2.55 bits per heavy atom. The van der Waals surface area contributed by atoms with Crippen LogP contribution in [0, 0.1) is 11.3 Å². The minimum absolute atomic E-state index is 0.0469. The van der Waals surface area contributed by atoms with Crippen LogP contribution in [0.1, 0.15) is 49.2 Å². The van der Waals surface area contributed by atoms with Gasteiger partial charge in [-0.05, 0) is 26.0 Å². The van der Waals surface area contributed by atoms with Gasteiger partial charge in [0.2, 0.25) is 11.5 Å². The Balaban J connectivity index is 1.12. The molecule has 2 amide bonds. The topological polar surface area (TPSA) is 262 Å². The van der Waals surface area contributed by atoms with Gasteiger partial charge in [-0.15, -0.1) is 23.1 Å². The first-order chi connectivity index (χ1) is 24.9. The van der Waals surface area contributed by atoms with Crippen molar-refractivity contribution in [2.45, 2.75) is 44.1 Å². The molecule has 4 aliphatic heterocycles. The van der Waals surface area contributed by atoms with Crippen LogP contribution in [-0.4, -0.2) is 120 Å². The van der Waals surface area contributed by atoms with Crippen LogP contribution in [0.5, 0.6) is 11.5 Å². The van der Waals surface area contributed by atoms with E-state index in [4.69, 9.17) is 22.2 Å². The second-order valence-corrected chi connectivity index (χ2v) is 16.6. The standard InChI is InChI=1S/C33H35ClN6O11S2/c1-32(2,30(49)50)51-38-22(18-12-53-31(35)37-18)20(42)9-17-27(46)39-23(29(47)48)15(11-52-28(17)39)10-40-7-5-33(14-40,6-8-40)13-36-26(45)24(43)16-3-4-19(41)25(44)21(16)34/h3-4,12,17,28H,5-11,13-14H2,1-2H3,(H6-,35,36,37,38,41,42,43,44,45,47,48,49,50)/t17-,28-,33?,40?/m1/s1. The Morgan fingerprint density at radius 2 is 1.92 bits per heavy atom. The molecule has 3 fully saturated rings. The number of rotatable bonds is 14. The van der Waals surface area contributed by atoms with E-state index in [1.165, 1.54) is 31.0 Å². The number of carbonyl (C=O) groups is 6. The summed E-state index contributed by atoms with van der Waals surface area (Å²) in [5.74, 6) is -7.85. The summed E-state index contributed by atoms with van der Waals surface area (Å²) in [5, 5.41) is 48.4. The van der Waals surface area contributed by atoms with Crippen molar-refractivity contribution in [3.63, 3.8) is 0 Å². The lowest BCUT2D eigenvalue weighted by molar-refractivity contribution is -0.904. The van der Waals surface area contributed by atoms with E-state index < -0.39 is 68.7 Å². The second kappa shape index (κ2) is 13.9. The number of nitrogens with zero attached hydrogens (tertiary/aromatic N) is 4. The highest BCUT2D eigenvalue weighted by Gasteiger charge is 2.58. The number of carboxylic acids is 2. The van der Waals surface area contributed by atoms with Crippen molar-refractivity contribution >= 4 is 80.9 Å². The summed E-state index contributed by atoms with van der Waals surface area (Å²) < 4.78 is 0.520. The van der Waals surface area contributed by atoms with E-state index in [-0.39, 0.29) is 51.9 Å². The monoisotopic (exact) mass is 790 g/mol. The number of halogens is 1. The van der Waals surface area contributed by atoms with Crippen LogP contribution in [-0.2, 0) is 28.8 Å². The lowest BCUT2D eigenvalue weighted by Gasteiger charge is -2.51. The molecule has 5 heterocycles. The van der Waals surface area contributed by atoms with Crippen molar-refractivity contribution in [1.29, 1.82) is 0 Å². The Morgan fingerprint density at radius 1 is 1.23 bits per heavy atom. The number of phenolic OH excluding ortho intramolecular Hbond substituents is 2. The summed E-state index contributed by atoms with van der Waals surface area (Å²) in [4.78, 5) is 87.1. The van der Waals surface area contributed by atoms with Crippen LogP contribution in [0.3, 0.4) is 0 Å². The van der Waals surface area contributed by atoms with Crippen molar-refractivity contribution in [3.8, 4) is 11.5 Å². The zero-order chi connectivity index (χ0) is 38.6. The number of oxime groups is 1. The number of thiazole rings is 1. The number of carbonyl (C=O) groups excluding carboxylic acids is 5. The maximum atomic E-state index is 13.5. The molecule has 0 radical (unpaired) electrons. The molecule has 1 aromatic heterocycles. The number of piperidine rings is 1. The molecule has 0 aliphatic carbocycles. The summed E-state index contributed by atoms with van der Waals surface area (Å²) in [6, 6.07) is 2.21. The Kier molecular flexibility index (Phi) is 9.99. The summed E-state index contributed by atoms with van der Waals surface area (Å²) in [6.45, 7) is 4.94. The van der Waals surface area contributed by atoms with Crippen LogP contribution >= 0.6 is 34.7 Å². The number of quaternary nitrogens is 1.